The second-order valence-corrected chi connectivity index (χ2v) is 12.5. The first-order valence-electron chi connectivity index (χ1n) is 13.8. The van der Waals surface area contributed by atoms with E-state index in [-0.39, 0.29) is 17.9 Å². The van der Waals surface area contributed by atoms with Gasteiger partial charge in [-0.3, -0.25) is 13.9 Å². The fraction of sp³-hybridized carbons (Fsp3) is 0.212. The van der Waals surface area contributed by atoms with Crippen molar-refractivity contribution in [2.45, 2.75) is 37.2 Å². The first kappa shape index (κ1) is 32.1. The number of hydrogen-bond acceptors (Lipinski definition) is 4. The smallest absolute Gasteiger partial charge is 0.264 e. The van der Waals surface area contributed by atoms with E-state index in [2.05, 4.69) is 5.32 Å². The number of likely N-dealkylation sites (N-methyl/N-ethyl adjacent to an activating group) is 1. The van der Waals surface area contributed by atoms with E-state index in [0.29, 0.717) is 27.7 Å². The minimum Gasteiger partial charge on any atom is -0.357 e. The third-order valence-corrected chi connectivity index (χ3v) is 9.64. The van der Waals surface area contributed by atoms with Crippen LogP contribution in [-0.4, -0.2) is 44.8 Å². The van der Waals surface area contributed by atoms with Crippen LogP contribution in [0.3, 0.4) is 0 Å². The molecule has 0 aliphatic rings. The summed E-state index contributed by atoms with van der Waals surface area (Å²) in [4.78, 5) is 29.2. The molecule has 0 heterocycles. The van der Waals surface area contributed by atoms with Gasteiger partial charge in [-0.05, 0) is 47.9 Å². The SMILES string of the molecule is CCc1ccccc1N(CC(=O)N(Cc1c(Cl)cccc1Cl)[C@@H](Cc1ccccc1)C(=O)NC)S(=O)(=O)c1ccccc1. The highest BCUT2D eigenvalue weighted by Crippen LogP contribution is 2.30. The van der Waals surface area contributed by atoms with Gasteiger partial charge in [0.15, 0.2) is 0 Å². The maximum Gasteiger partial charge on any atom is 0.264 e. The van der Waals surface area contributed by atoms with Crippen molar-refractivity contribution in [3.63, 3.8) is 0 Å². The number of halogens is 2. The van der Waals surface area contributed by atoms with Crippen LogP contribution in [0.4, 0.5) is 5.69 Å². The van der Waals surface area contributed by atoms with E-state index < -0.39 is 34.4 Å². The first-order chi connectivity index (χ1) is 20.7. The Morgan fingerprint density at radius 2 is 1.40 bits per heavy atom. The molecular formula is C33H33Cl2N3O4S. The molecule has 1 N–H and O–H groups in total. The van der Waals surface area contributed by atoms with Crippen molar-refractivity contribution in [1.82, 2.24) is 10.2 Å². The molecule has 7 nitrogen and oxygen atoms in total. The molecule has 4 rings (SSSR count). The Bertz CT molecular complexity index is 1650. The Hall–Kier alpha value is -3.85. The van der Waals surface area contributed by atoms with Crippen LogP contribution >= 0.6 is 23.2 Å². The molecule has 4 aromatic carbocycles. The summed E-state index contributed by atoms with van der Waals surface area (Å²) in [6.45, 7) is 1.25. The minimum absolute atomic E-state index is 0.0431. The van der Waals surface area contributed by atoms with Crippen molar-refractivity contribution in [3.8, 4) is 0 Å². The second kappa shape index (κ2) is 14.6. The fourth-order valence-corrected chi connectivity index (χ4v) is 6.85. The van der Waals surface area contributed by atoms with Crippen molar-refractivity contribution >= 4 is 50.7 Å². The van der Waals surface area contributed by atoms with E-state index >= 15 is 0 Å². The quantitative estimate of drug-likeness (QED) is 0.202. The molecule has 10 heteroatoms. The van der Waals surface area contributed by atoms with Gasteiger partial charge in [-0.1, -0.05) is 103 Å². The number of carbonyl (C=O) groups is 2. The van der Waals surface area contributed by atoms with Crippen LogP contribution in [0.15, 0.2) is 108 Å². The Labute approximate surface area is 263 Å². The number of carbonyl (C=O) groups excluding carboxylic acids is 2. The Balaban J connectivity index is 1.84. The third-order valence-electron chi connectivity index (χ3n) is 7.16. The molecule has 0 aliphatic carbocycles. The molecule has 1 atom stereocenters. The third kappa shape index (κ3) is 7.57. The molecule has 224 valence electrons. The molecule has 0 aromatic heterocycles. The molecule has 4 aromatic rings. The van der Waals surface area contributed by atoms with E-state index in [1.165, 1.54) is 24.1 Å². The molecular weight excluding hydrogens is 605 g/mol. The van der Waals surface area contributed by atoms with Crippen molar-refractivity contribution in [2.24, 2.45) is 0 Å². The molecule has 0 spiro atoms. The number of amides is 2. The number of nitrogens with zero attached hydrogens (tertiary/aromatic N) is 2. The van der Waals surface area contributed by atoms with E-state index in [0.717, 1.165) is 15.4 Å². The van der Waals surface area contributed by atoms with Gasteiger partial charge >= 0.3 is 0 Å². The maximum absolute atomic E-state index is 14.4. The van der Waals surface area contributed by atoms with Crippen LogP contribution in [0.25, 0.3) is 0 Å². The minimum atomic E-state index is -4.18. The lowest BCUT2D eigenvalue weighted by atomic mass is 10.0. The van der Waals surface area contributed by atoms with Crippen molar-refractivity contribution in [1.29, 1.82) is 0 Å². The lowest BCUT2D eigenvalue weighted by Gasteiger charge is -2.34. The molecule has 0 radical (unpaired) electrons. The number of benzene rings is 4. The summed E-state index contributed by atoms with van der Waals surface area (Å²) < 4.78 is 29.3. The molecule has 2 amide bonds. The van der Waals surface area contributed by atoms with Gasteiger partial charge in [0.25, 0.3) is 10.0 Å². The zero-order valence-corrected chi connectivity index (χ0v) is 26.2. The summed E-state index contributed by atoms with van der Waals surface area (Å²) in [6, 6.07) is 28.3. The summed E-state index contributed by atoms with van der Waals surface area (Å²) in [5.74, 6) is -1.00. The van der Waals surface area contributed by atoms with Gasteiger partial charge in [0.1, 0.15) is 12.6 Å². The lowest BCUT2D eigenvalue weighted by molar-refractivity contribution is -0.139. The largest absolute Gasteiger partial charge is 0.357 e. The normalized spacial score (nSPS) is 11.9. The van der Waals surface area contributed by atoms with Crippen LogP contribution in [0.5, 0.6) is 0 Å². The van der Waals surface area contributed by atoms with Crippen LogP contribution in [0, 0.1) is 0 Å². The van der Waals surface area contributed by atoms with Gasteiger partial charge in [-0.2, -0.15) is 0 Å². The number of hydrogen-bond donors (Lipinski definition) is 1. The van der Waals surface area contributed by atoms with Gasteiger partial charge in [0.05, 0.1) is 10.6 Å². The summed E-state index contributed by atoms with van der Waals surface area (Å²) in [7, 11) is -2.69. The number of sulfonamides is 1. The van der Waals surface area contributed by atoms with Crippen LogP contribution in [0.2, 0.25) is 10.0 Å². The van der Waals surface area contributed by atoms with E-state index in [4.69, 9.17) is 23.2 Å². The Morgan fingerprint density at radius 3 is 2.00 bits per heavy atom. The predicted octanol–water partition coefficient (Wildman–Crippen LogP) is 6.14. The maximum atomic E-state index is 14.4. The van der Waals surface area contributed by atoms with E-state index in [1.807, 2.05) is 49.4 Å². The van der Waals surface area contributed by atoms with E-state index in [9.17, 15) is 18.0 Å². The predicted molar refractivity (Wildman–Crippen MR) is 172 cm³/mol. The average molecular weight is 639 g/mol. The van der Waals surface area contributed by atoms with Gasteiger partial charge in [0, 0.05) is 35.6 Å². The van der Waals surface area contributed by atoms with Gasteiger partial charge in [-0.25, -0.2) is 8.42 Å². The lowest BCUT2D eigenvalue weighted by Crippen LogP contribution is -2.53. The summed E-state index contributed by atoms with van der Waals surface area (Å²) in [5.41, 5.74) is 2.41. The monoisotopic (exact) mass is 637 g/mol. The van der Waals surface area contributed by atoms with Crippen molar-refractivity contribution < 1.29 is 18.0 Å². The Kier molecular flexibility index (Phi) is 10.9. The van der Waals surface area contributed by atoms with Gasteiger partial charge in [0.2, 0.25) is 11.8 Å². The number of anilines is 1. The molecule has 0 bridgehead atoms. The highest BCUT2D eigenvalue weighted by Gasteiger charge is 2.35. The molecule has 0 unspecified atom stereocenters. The summed E-state index contributed by atoms with van der Waals surface area (Å²) in [5, 5.41) is 3.31. The molecule has 0 aliphatic heterocycles. The van der Waals surface area contributed by atoms with Crippen molar-refractivity contribution in [3.05, 3.63) is 130 Å². The topological polar surface area (TPSA) is 86.8 Å². The standard InChI is InChI=1S/C33H33Cl2N3O4S/c1-3-25-15-10-11-20-30(25)38(43(41,42)26-16-8-5-9-17-26)23-32(39)37(22-27-28(34)18-12-19-29(27)35)31(33(40)36-2)21-24-13-6-4-7-14-24/h4-20,31H,3,21-23H2,1-2H3,(H,36,40)/t31-/m0/s1. The van der Waals surface area contributed by atoms with Crippen molar-refractivity contribution in [2.75, 3.05) is 17.9 Å². The summed E-state index contributed by atoms with van der Waals surface area (Å²) in [6.07, 6.45) is 0.726. The van der Waals surface area contributed by atoms with Crippen LogP contribution < -0.4 is 9.62 Å². The average Bonchev–Trinajstić information content (AvgIpc) is 3.03. The highest BCUT2D eigenvalue weighted by molar-refractivity contribution is 7.92. The number of para-hydroxylation sites is 1. The summed E-state index contributed by atoms with van der Waals surface area (Å²) >= 11 is 13.0. The van der Waals surface area contributed by atoms with Crippen LogP contribution in [-0.2, 0) is 39.0 Å². The zero-order chi connectivity index (χ0) is 31.0. The van der Waals surface area contributed by atoms with Gasteiger partial charge < -0.3 is 10.2 Å². The molecule has 43 heavy (non-hydrogen) atoms. The molecule has 0 saturated heterocycles. The molecule has 0 saturated carbocycles. The van der Waals surface area contributed by atoms with Gasteiger partial charge in [-0.15, -0.1) is 0 Å². The second-order valence-electron chi connectivity index (χ2n) is 9.85. The highest BCUT2D eigenvalue weighted by atomic mass is 35.5. The number of aryl methyl sites for hydroxylation is 1. The first-order valence-corrected chi connectivity index (χ1v) is 16.0. The van der Waals surface area contributed by atoms with E-state index in [1.54, 1.807) is 48.5 Å². The Morgan fingerprint density at radius 1 is 0.814 bits per heavy atom. The number of nitrogens with one attached hydrogen (secondary N) is 1. The zero-order valence-electron chi connectivity index (χ0n) is 23.9. The number of rotatable bonds is 12. The fourth-order valence-electron chi connectivity index (χ4n) is 4.86. The molecule has 0 fully saturated rings. The van der Waals surface area contributed by atoms with Crippen LogP contribution in [0.1, 0.15) is 23.6 Å².